The van der Waals surface area contributed by atoms with Gasteiger partial charge in [-0.05, 0) is 17.9 Å². The van der Waals surface area contributed by atoms with Crippen molar-refractivity contribution in [2.24, 2.45) is 0 Å². The van der Waals surface area contributed by atoms with Crippen LogP contribution in [0.3, 0.4) is 0 Å². The lowest BCUT2D eigenvalue weighted by atomic mass is 10.4. The van der Waals surface area contributed by atoms with Crippen LogP contribution in [-0.4, -0.2) is 13.0 Å². The highest BCUT2D eigenvalue weighted by Gasteiger charge is 2.17. The van der Waals surface area contributed by atoms with Gasteiger partial charge >= 0.3 is 10.1 Å². The van der Waals surface area contributed by atoms with Gasteiger partial charge < -0.3 is 0 Å². The fourth-order valence-corrected chi connectivity index (χ4v) is 2.81. The third kappa shape index (κ3) is 2.34. The molecule has 1 N–H and O–H groups in total. The van der Waals surface area contributed by atoms with Gasteiger partial charge in [0.1, 0.15) is 0 Å². The predicted octanol–water partition coefficient (Wildman–Crippen LogP) is 2.38. The Morgan fingerprint density at radius 1 is 1.58 bits per heavy atom. The van der Waals surface area contributed by atoms with E-state index in [-0.39, 0.29) is 21.6 Å². The van der Waals surface area contributed by atoms with Crippen molar-refractivity contribution in [3.8, 4) is 0 Å². The summed E-state index contributed by atoms with van der Waals surface area (Å²) in [5, 5.41) is 1.68. The minimum absolute atomic E-state index is 0. The van der Waals surface area contributed by atoms with E-state index >= 15 is 0 Å². The first kappa shape index (κ1) is 12.2. The summed E-state index contributed by atoms with van der Waals surface area (Å²) in [7, 11) is -4.13. The first-order valence-electron chi connectivity index (χ1n) is 2.64. The summed E-state index contributed by atoms with van der Waals surface area (Å²) < 4.78 is 29.5. The summed E-state index contributed by atoms with van der Waals surface area (Å²) in [6.45, 7) is 1.67. The molecule has 0 bridgehead atoms. The first-order chi connectivity index (χ1) is 4.93. The lowest BCUT2D eigenvalue weighted by Gasteiger charge is -1.91. The number of rotatable bonds is 1. The normalized spacial score (nSPS) is 10.9. The molecule has 0 aliphatic rings. The van der Waals surface area contributed by atoms with Crippen LogP contribution in [0.25, 0.3) is 0 Å². The van der Waals surface area contributed by atoms with Crippen molar-refractivity contribution in [2.75, 3.05) is 0 Å². The van der Waals surface area contributed by atoms with Gasteiger partial charge in [-0.2, -0.15) is 8.42 Å². The summed E-state index contributed by atoms with van der Waals surface area (Å²) in [5.74, 6) is 0. The first-order valence-corrected chi connectivity index (χ1v) is 5.34. The fourth-order valence-electron chi connectivity index (χ4n) is 0.580. The zero-order valence-electron chi connectivity index (χ0n) is 5.94. The zero-order chi connectivity index (χ0) is 8.65. The van der Waals surface area contributed by atoms with Gasteiger partial charge in [0.15, 0.2) is 4.21 Å². The summed E-state index contributed by atoms with van der Waals surface area (Å²) in [6.07, 6.45) is 0. The van der Waals surface area contributed by atoms with Crippen LogP contribution in [0.1, 0.15) is 5.56 Å². The number of halogens is 2. The van der Waals surface area contributed by atoms with Gasteiger partial charge in [0.05, 0.1) is 5.02 Å². The third-order valence-corrected chi connectivity index (χ3v) is 4.30. The zero-order valence-corrected chi connectivity index (χ0v) is 9.15. The maximum Gasteiger partial charge on any atom is 0.305 e. The number of aryl methyl sites for hydroxylation is 1. The SMILES string of the molecule is Cc1csc(S(=O)(=O)O)c1Cl.Cl. The van der Waals surface area contributed by atoms with Crippen LogP contribution in [0.5, 0.6) is 0 Å². The minimum atomic E-state index is -4.13. The quantitative estimate of drug-likeness (QED) is 0.777. The van der Waals surface area contributed by atoms with E-state index in [0.29, 0.717) is 5.56 Å². The third-order valence-electron chi connectivity index (χ3n) is 1.10. The second kappa shape index (κ2) is 3.93. The van der Waals surface area contributed by atoms with Crippen molar-refractivity contribution in [1.29, 1.82) is 0 Å². The van der Waals surface area contributed by atoms with E-state index in [9.17, 15) is 8.42 Å². The van der Waals surface area contributed by atoms with Crippen molar-refractivity contribution in [1.82, 2.24) is 0 Å². The second-order valence-electron chi connectivity index (χ2n) is 2.00. The van der Waals surface area contributed by atoms with E-state index in [1.54, 1.807) is 12.3 Å². The molecule has 0 aliphatic carbocycles. The molecule has 0 radical (unpaired) electrons. The van der Waals surface area contributed by atoms with E-state index in [1.165, 1.54) is 0 Å². The molecule has 70 valence electrons. The van der Waals surface area contributed by atoms with Crippen LogP contribution >= 0.6 is 35.3 Å². The van der Waals surface area contributed by atoms with Crippen LogP contribution in [0.4, 0.5) is 0 Å². The molecule has 0 unspecified atom stereocenters. The van der Waals surface area contributed by atoms with Gasteiger partial charge in [-0.3, -0.25) is 4.55 Å². The van der Waals surface area contributed by atoms with E-state index in [1.807, 2.05) is 0 Å². The monoisotopic (exact) mass is 248 g/mol. The molecule has 1 aromatic heterocycles. The summed E-state index contributed by atoms with van der Waals surface area (Å²) in [6, 6.07) is 0. The molecule has 0 aromatic carbocycles. The molecule has 0 fully saturated rings. The Labute approximate surface area is 85.5 Å². The smallest absolute Gasteiger partial charge is 0.281 e. The highest BCUT2D eigenvalue weighted by Crippen LogP contribution is 2.30. The van der Waals surface area contributed by atoms with E-state index < -0.39 is 10.1 Å². The van der Waals surface area contributed by atoms with Crippen LogP contribution in [0, 0.1) is 6.92 Å². The molecule has 0 saturated carbocycles. The van der Waals surface area contributed by atoms with Crippen molar-refractivity contribution in [2.45, 2.75) is 11.1 Å². The number of hydrogen-bond acceptors (Lipinski definition) is 3. The minimum Gasteiger partial charge on any atom is -0.281 e. The Morgan fingerprint density at radius 2 is 2.08 bits per heavy atom. The molecule has 3 nitrogen and oxygen atoms in total. The molecule has 12 heavy (non-hydrogen) atoms. The standard InChI is InChI=1S/C5H5ClO3S2.ClH/c1-3-2-10-5(4(3)6)11(7,8)9;/h2H,1H3,(H,7,8,9);1H. The van der Waals surface area contributed by atoms with Crippen molar-refractivity contribution in [3.05, 3.63) is 16.0 Å². The van der Waals surface area contributed by atoms with E-state index in [2.05, 4.69) is 0 Å². The number of thiophene rings is 1. The van der Waals surface area contributed by atoms with Gasteiger partial charge in [-0.15, -0.1) is 23.7 Å². The highest BCUT2D eigenvalue weighted by molar-refractivity contribution is 7.88. The Kier molecular flexibility index (Phi) is 3.99. The summed E-state index contributed by atoms with van der Waals surface area (Å²) >= 11 is 6.48. The van der Waals surface area contributed by atoms with Crippen LogP contribution in [0.15, 0.2) is 9.59 Å². The lowest BCUT2D eigenvalue weighted by molar-refractivity contribution is 0.485. The Hall–Kier alpha value is 0.190. The molecular weight excluding hydrogens is 243 g/mol. The Bertz CT molecular complexity index is 368. The number of hydrogen-bond donors (Lipinski definition) is 1. The maximum absolute atomic E-state index is 10.5. The van der Waals surface area contributed by atoms with E-state index in [4.69, 9.17) is 16.2 Å². The molecule has 0 amide bonds. The molecule has 0 aliphatic heterocycles. The molecular formula is C5H6Cl2O3S2. The molecule has 1 aromatic rings. The predicted molar refractivity (Wildman–Crippen MR) is 51.1 cm³/mol. The lowest BCUT2D eigenvalue weighted by Crippen LogP contribution is -1.94. The Balaban J connectivity index is 0.00000121. The fraction of sp³-hybridized carbons (Fsp3) is 0.200. The molecule has 0 saturated heterocycles. The van der Waals surface area contributed by atoms with Crippen molar-refractivity contribution in [3.63, 3.8) is 0 Å². The second-order valence-corrected chi connectivity index (χ2v) is 4.87. The summed E-state index contributed by atoms with van der Waals surface area (Å²) in [5.41, 5.74) is 0.657. The summed E-state index contributed by atoms with van der Waals surface area (Å²) in [4.78, 5) is 0. The topological polar surface area (TPSA) is 54.4 Å². The highest BCUT2D eigenvalue weighted by atomic mass is 35.5. The molecule has 1 heterocycles. The molecule has 1 rings (SSSR count). The Morgan fingerprint density at radius 3 is 2.25 bits per heavy atom. The van der Waals surface area contributed by atoms with Crippen molar-refractivity contribution >= 4 is 45.5 Å². The van der Waals surface area contributed by atoms with Crippen LogP contribution in [-0.2, 0) is 10.1 Å². The van der Waals surface area contributed by atoms with Crippen LogP contribution < -0.4 is 0 Å². The van der Waals surface area contributed by atoms with Crippen LogP contribution in [0.2, 0.25) is 5.02 Å². The maximum atomic E-state index is 10.5. The molecule has 7 heteroatoms. The van der Waals surface area contributed by atoms with Gasteiger partial charge in [0.2, 0.25) is 0 Å². The average molecular weight is 249 g/mol. The molecule has 0 spiro atoms. The van der Waals surface area contributed by atoms with Crippen molar-refractivity contribution < 1.29 is 13.0 Å². The van der Waals surface area contributed by atoms with Gasteiger partial charge in [0, 0.05) is 0 Å². The van der Waals surface area contributed by atoms with Gasteiger partial charge in [0.25, 0.3) is 0 Å². The van der Waals surface area contributed by atoms with Gasteiger partial charge in [-0.1, -0.05) is 11.6 Å². The average Bonchev–Trinajstić information content (AvgIpc) is 2.11. The van der Waals surface area contributed by atoms with E-state index in [0.717, 1.165) is 11.3 Å². The largest absolute Gasteiger partial charge is 0.305 e. The van der Waals surface area contributed by atoms with Gasteiger partial charge in [-0.25, -0.2) is 0 Å². The molecule has 0 atom stereocenters.